The molecule has 0 bridgehead atoms. The lowest BCUT2D eigenvalue weighted by atomic mass is 10.1. The molecule has 0 radical (unpaired) electrons. The number of primary amides is 1. The Morgan fingerprint density at radius 2 is 1.67 bits per heavy atom. The number of carbonyl (C=O) groups is 2. The largest absolute Gasteiger partial charge is 0.366 e. The molecule has 1 aliphatic rings. The number of nitrogens with one attached hydrogen (secondary N) is 1. The molecule has 0 aromatic heterocycles. The SMILES string of the molecule is NC(=O)c1ccc(C(=O)NCCCCN2CCCC2)cc1. The number of rotatable bonds is 7. The molecule has 1 aliphatic heterocycles. The molecule has 3 N–H and O–H groups in total. The van der Waals surface area contributed by atoms with Crippen LogP contribution in [0.1, 0.15) is 46.4 Å². The average molecular weight is 289 g/mol. The molecule has 5 heteroatoms. The summed E-state index contributed by atoms with van der Waals surface area (Å²) < 4.78 is 0. The number of hydrogen-bond donors (Lipinski definition) is 2. The molecule has 0 spiro atoms. The molecule has 21 heavy (non-hydrogen) atoms. The van der Waals surface area contributed by atoms with Crippen LogP contribution >= 0.6 is 0 Å². The van der Waals surface area contributed by atoms with Gasteiger partial charge in [-0.3, -0.25) is 9.59 Å². The monoisotopic (exact) mass is 289 g/mol. The van der Waals surface area contributed by atoms with E-state index < -0.39 is 5.91 Å². The Balaban J connectivity index is 1.65. The molecule has 0 atom stereocenters. The molecule has 0 aliphatic carbocycles. The molecular formula is C16H23N3O2. The van der Waals surface area contributed by atoms with E-state index in [0.717, 1.165) is 19.4 Å². The van der Waals surface area contributed by atoms with Gasteiger partial charge in [0.1, 0.15) is 0 Å². The van der Waals surface area contributed by atoms with Crippen molar-refractivity contribution in [2.24, 2.45) is 5.73 Å². The van der Waals surface area contributed by atoms with Crippen LogP contribution in [0.5, 0.6) is 0 Å². The van der Waals surface area contributed by atoms with Gasteiger partial charge in [0.15, 0.2) is 0 Å². The van der Waals surface area contributed by atoms with Crippen molar-refractivity contribution >= 4 is 11.8 Å². The van der Waals surface area contributed by atoms with Crippen molar-refractivity contribution < 1.29 is 9.59 Å². The normalized spacial score (nSPS) is 15.0. The van der Waals surface area contributed by atoms with Gasteiger partial charge < -0.3 is 16.0 Å². The van der Waals surface area contributed by atoms with Crippen LogP contribution in [0.15, 0.2) is 24.3 Å². The number of nitrogens with two attached hydrogens (primary N) is 1. The third-order valence-corrected chi connectivity index (χ3v) is 3.82. The fourth-order valence-electron chi connectivity index (χ4n) is 2.56. The van der Waals surface area contributed by atoms with E-state index in [1.165, 1.54) is 25.9 Å². The first kappa shape index (κ1) is 15.5. The van der Waals surface area contributed by atoms with Gasteiger partial charge in [0.2, 0.25) is 5.91 Å². The lowest BCUT2D eigenvalue weighted by Crippen LogP contribution is -2.26. The van der Waals surface area contributed by atoms with Gasteiger partial charge in [-0.2, -0.15) is 0 Å². The van der Waals surface area contributed by atoms with Gasteiger partial charge in [-0.1, -0.05) is 0 Å². The highest BCUT2D eigenvalue weighted by molar-refractivity contribution is 5.97. The van der Waals surface area contributed by atoms with Crippen LogP contribution in [-0.2, 0) is 0 Å². The van der Waals surface area contributed by atoms with Crippen molar-refractivity contribution in [3.63, 3.8) is 0 Å². The van der Waals surface area contributed by atoms with E-state index in [1.54, 1.807) is 24.3 Å². The Morgan fingerprint density at radius 1 is 1.05 bits per heavy atom. The van der Waals surface area contributed by atoms with Crippen LogP contribution in [0.25, 0.3) is 0 Å². The summed E-state index contributed by atoms with van der Waals surface area (Å²) in [6, 6.07) is 6.40. The third kappa shape index (κ3) is 4.86. The Kier molecular flexibility index (Phi) is 5.75. The van der Waals surface area contributed by atoms with E-state index in [1.807, 2.05) is 0 Å². The van der Waals surface area contributed by atoms with E-state index in [2.05, 4.69) is 10.2 Å². The minimum atomic E-state index is -0.483. The molecule has 114 valence electrons. The van der Waals surface area contributed by atoms with Gasteiger partial charge in [-0.05, 0) is 69.6 Å². The first-order chi connectivity index (χ1) is 10.2. The predicted octanol–water partition coefficient (Wildman–Crippen LogP) is 1.39. The van der Waals surface area contributed by atoms with Crippen molar-refractivity contribution in [3.05, 3.63) is 35.4 Å². The molecule has 5 nitrogen and oxygen atoms in total. The summed E-state index contributed by atoms with van der Waals surface area (Å²) >= 11 is 0. The Bertz CT molecular complexity index is 479. The molecular weight excluding hydrogens is 266 g/mol. The summed E-state index contributed by atoms with van der Waals surface area (Å²) in [5.74, 6) is -0.587. The van der Waals surface area contributed by atoms with Crippen LogP contribution < -0.4 is 11.1 Å². The molecule has 1 heterocycles. The molecule has 1 aromatic carbocycles. The lowest BCUT2D eigenvalue weighted by molar-refractivity contribution is 0.0950. The topological polar surface area (TPSA) is 75.4 Å². The fraction of sp³-hybridized carbons (Fsp3) is 0.500. The standard InChI is InChI=1S/C16H23N3O2/c17-15(20)13-5-7-14(8-6-13)16(21)18-9-1-2-10-19-11-3-4-12-19/h5-8H,1-4,9-12H2,(H2,17,20)(H,18,21). The second kappa shape index (κ2) is 7.78. The van der Waals surface area contributed by atoms with Crippen molar-refractivity contribution in [1.29, 1.82) is 0 Å². The number of benzene rings is 1. The highest BCUT2D eigenvalue weighted by Crippen LogP contribution is 2.08. The van der Waals surface area contributed by atoms with Crippen LogP contribution in [0.4, 0.5) is 0 Å². The number of hydrogen-bond acceptors (Lipinski definition) is 3. The van der Waals surface area contributed by atoms with E-state index in [9.17, 15) is 9.59 Å². The molecule has 1 aromatic rings. The fourth-order valence-corrected chi connectivity index (χ4v) is 2.56. The van der Waals surface area contributed by atoms with E-state index in [0.29, 0.717) is 17.7 Å². The number of unbranched alkanes of at least 4 members (excludes halogenated alkanes) is 1. The zero-order valence-electron chi connectivity index (χ0n) is 12.3. The van der Waals surface area contributed by atoms with Gasteiger partial charge >= 0.3 is 0 Å². The minimum Gasteiger partial charge on any atom is -0.366 e. The number of carbonyl (C=O) groups excluding carboxylic acids is 2. The first-order valence-corrected chi connectivity index (χ1v) is 7.57. The highest BCUT2D eigenvalue weighted by atomic mass is 16.2. The maximum atomic E-state index is 11.9. The zero-order chi connectivity index (χ0) is 15.1. The highest BCUT2D eigenvalue weighted by Gasteiger charge is 2.10. The maximum Gasteiger partial charge on any atom is 0.251 e. The lowest BCUT2D eigenvalue weighted by Gasteiger charge is -2.14. The Labute approximate surface area is 125 Å². The number of amides is 2. The van der Waals surface area contributed by atoms with Crippen molar-refractivity contribution in [3.8, 4) is 0 Å². The van der Waals surface area contributed by atoms with Crippen molar-refractivity contribution in [2.75, 3.05) is 26.2 Å². The van der Waals surface area contributed by atoms with Crippen molar-refractivity contribution in [2.45, 2.75) is 25.7 Å². The first-order valence-electron chi connectivity index (χ1n) is 7.57. The second-order valence-electron chi connectivity index (χ2n) is 5.45. The molecule has 0 unspecified atom stereocenters. The van der Waals surface area contributed by atoms with Gasteiger partial charge in [0.05, 0.1) is 0 Å². The van der Waals surface area contributed by atoms with Gasteiger partial charge in [0, 0.05) is 17.7 Å². The molecule has 1 saturated heterocycles. The van der Waals surface area contributed by atoms with Crippen LogP contribution in [0.3, 0.4) is 0 Å². The predicted molar refractivity (Wildman–Crippen MR) is 82.2 cm³/mol. The average Bonchev–Trinajstić information content (AvgIpc) is 3.00. The Hall–Kier alpha value is -1.88. The van der Waals surface area contributed by atoms with Gasteiger partial charge in [0.25, 0.3) is 5.91 Å². The molecule has 2 rings (SSSR count). The van der Waals surface area contributed by atoms with Crippen LogP contribution in [0, 0.1) is 0 Å². The molecule has 0 saturated carbocycles. The van der Waals surface area contributed by atoms with E-state index in [-0.39, 0.29) is 5.91 Å². The zero-order valence-corrected chi connectivity index (χ0v) is 12.3. The minimum absolute atomic E-state index is 0.104. The summed E-state index contributed by atoms with van der Waals surface area (Å²) in [5, 5.41) is 2.90. The third-order valence-electron chi connectivity index (χ3n) is 3.82. The van der Waals surface area contributed by atoms with Gasteiger partial charge in [-0.25, -0.2) is 0 Å². The maximum absolute atomic E-state index is 11.9. The molecule has 2 amide bonds. The van der Waals surface area contributed by atoms with Gasteiger partial charge in [-0.15, -0.1) is 0 Å². The quantitative estimate of drug-likeness (QED) is 0.745. The number of likely N-dealkylation sites (tertiary alicyclic amines) is 1. The Morgan fingerprint density at radius 3 is 2.29 bits per heavy atom. The number of nitrogens with zero attached hydrogens (tertiary/aromatic N) is 1. The van der Waals surface area contributed by atoms with E-state index in [4.69, 9.17) is 5.73 Å². The summed E-state index contributed by atoms with van der Waals surface area (Å²) in [5.41, 5.74) is 6.13. The van der Waals surface area contributed by atoms with Crippen molar-refractivity contribution in [1.82, 2.24) is 10.2 Å². The summed E-state index contributed by atoms with van der Waals surface area (Å²) in [7, 11) is 0. The summed E-state index contributed by atoms with van der Waals surface area (Å²) in [6.45, 7) is 4.25. The summed E-state index contributed by atoms with van der Waals surface area (Å²) in [6.07, 6.45) is 4.73. The van der Waals surface area contributed by atoms with Crippen LogP contribution in [0.2, 0.25) is 0 Å². The molecule has 1 fully saturated rings. The smallest absolute Gasteiger partial charge is 0.251 e. The van der Waals surface area contributed by atoms with E-state index >= 15 is 0 Å². The summed E-state index contributed by atoms with van der Waals surface area (Å²) in [4.78, 5) is 25.3. The second-order valence-corrected chi connectivity index (χ2v) is 5.45. The van der Waals surface area contributed by atoms with Crippen LogP contribution in [-0.4, -0.2) is 42.9 Å².